The molecule has 1 aromatic heterocycles. The highest BCUT2D eigenvalue weighted by molar-refractivity contribution is 9.10. The highest BCUT2D eigenvalue weighted by Gasteiger charge is 2.16. The molecule has 1 atom stereocenters. The van der Waals surface area contributed by atoms with Gasteiger partial charge in [0.15, 0.2) is 5.82 Å². The van der Waals surface area contributed by atoms with Gasteiger partial charge in [-0.05, 0) is 19.4 Å². The van der Waals surface area contributed by atoms with E-state index in [0.717, 1.165) is 18.8 Å². The molecule has 5 heteroatoms. The zero-order valence-electron chi connectivity index (χ0n) is 6.59. The van der Waals surface area contributed by atoms with E-state index in [1.807, 2.05) is 0 Å². The Labute approximate surface area is 78.9 Å². The Balaban J connectivity index is 1.94. The summed E-state index contributed by atoms with van der Waals surface area (Å²) >= 11 is 3.12. The van der Waals surface area contributed by atoms with E-state index in [1.54, 1.807) is 0 Å². The minimum Gasteiger partial charge on any atom is -0.327 e. The van der Waals surface area contributed by atoms with E-state index in [9.17, 15) is 0 Å². The molecule has 66 valence electrons. The van der Waals surface area contributed by atoms with Crippen LogP contribution in [0.1, 0.15) is 18.7 Å². The minimum atomic E-state index is 0.468. The smallest absolute Gasteiger partial charge is 0.293 e. The van der Waals surface area contributed by atoms with Gasteiger partial charge in [-0.2, -0.15) is 4.98 Å². The molecule has 1 aliphatic heterocycles. The number of nitrogens with one attached hydrogen (secondary N) is 1. The molecule has 1 aliphatic rings. The van der Waals surface area contributed by atoms with Crippen LogP contribution >= 0.6 is 15.9 Å². The van der Waals surface area contributed by atoms with E-state index in [-0.39, 0.29) is 0 Å². The van der Waals surface area contributed by atoms with E-state index in [1.165, 1.54) is 12.8 Å². The van der Waals surface area contributed by atoms with E-state index >= 15 is 0 Å². The van der Waals surface area contributed by atoms with Gasteiger partial charge in [-0.3, -0.25) is 0 Å². The van der Waals surface area contributed by atoms with Gasteiger partial charge in [-0.1, -0.05) is 5.16 Å². The molecule has 0 aliphatic carbocycles. The average molecular weight is 232 g/mol. The Morgan fingerprint density at radius 1 is 1.67 bits per heavy atom. The second-order valence-electron chi connectivity index (χ2n) is 2.96. The van der Waals surface area contributed by atoms with Crippen LogP contribution in [0.25, 0.3) is 0 Å². The van der Waals surface area contributed by atoms with Crippen LogP contribution in [0.5, 0.6) is 0 Å². The number of nitrogens with zero attached hydrogens (tertiary/aromatic N) is 2. The summed E-state index contributed by atoms with van der Waals surface area (Å²) in [5.41, 5.74) is 0. The van der Waals surface area contributed by atoms with Crippen LogP contribution < -0.4 is 5.32 Å². The van der Waals surface area contributed by atoms with Gasteiger partial charge in [0, 0.05) is 28.4 Å². The van der Waals surface area contributed by atoms with Gasteiger partial charge in [0.2, 0.25) is 0 Å². The summed E-state index contributed by atoms with van der Waals surface area (Å²) in [5, 5.41) is 7.18. The Morgan fingerprint density at radius 2 is 2.58 bits per heavy atom. The van der Waals surface area contributed by atoms with Crippen molar-refractivity contribution in [2.24, 2.45) is 0 Å². The molecule has 2 rings (SSSR count). The summed E-state index contributed by atoms with van der Waals surface area (Å²) in [6.45, 7) is 1.11. The van der Waals surface area contributed by atoms with Crippen molar-refractivity contribution >= 4 is 15.9 Å². The summed E-state index contributed by atoms with van der Waals surface area (Å²) in [5.74, 6) is 0.779. The van der Waals surface area contributed by atoms with Gasteiger partial charge in [0.05, 0.1) is 0 Å². The van der Waals surface area contributed by atoms with Gasteiger partial charge in [0.25, 0.3) is 4.80 Å². The molecule has 12 heavy (non-hydrogen) atoms. The first-order valence-electron chi connectivity index (χ1n) is 4.06. The maximum absolute atomic E-state index is 4.80. The fraction of sp³-hybridized carbons (Fsp3) is 0.714. The number of halogens is 1. The first kappa shape index (κ1) is 8.19. The van der Waals surface area contributed by atoms with E-state index in [0.29, 0.717) is 10.8 Å². The first-order valence-corrected chi connectivity index (χ1v) is 4.85. The standard InChI is InChI=1S/C7H10BrN3O/c8-7-10-6(11-12-7)4-5-2-1-3-9-5/h5,9H,1-4H2. The lowest BCUT2D eigenvalue weighted by molar-refractivity contribution is 0.387. The summed E-state index contributed by atoms with van der Waals surface area (Å²) in [7, 11) is 0. The highest BCUT2D eigenvalue weighted by atomic mass is 79.9. The number of hydrogen-bond donors (Lipinski definition) is 1. The fourth-order valence-electron chi connectivity index (χ4n) is 1.47. The molecule has 1 unspecified atom stereocenters. The molecule has 1 aromatic rings. The Hall–Kier alpha value is -0.420. The van der Waals surface area contributed by atoms with E-state index in [2.05, 4.69) is 31.4 Å². The SMILES string of the molecule is Brc1nc(CC2CCCN2)no1. The predicted octanol–water partition coefficient (Wildman–Crippen LogP) is 1.13. The normalized spacial score (nSPS) is 23.2. The fourth-order valence-corrected chi connectivity index (χ4v) is 1.74. The molecule has 0 bridgehead atoms. The van der Waals surface area contributed by atoms with Gasteiger partial charge in [-0.15, -0.1) is 0 Å². The largest absolute Gasteiger partial charge is 0.327 e. The van der Waals surface area contributed by atoms with Crippen LogP contribution in [0.15, 0.2) is 9.32 Å². The topological polar surface area (TPSA) is 51.0 Å². The van der Waals surface area contributed by atoms with E-state index in [4.69, 9.17) is 4.52 Å². The van der Waals surface area contributed by atoms with Gasteiger partial charge >= 0.3 is 0 Å². The summed E-state index contributed by atoms with van der Waals surface area (Å²) in [6, 6.07) is 0.537. The molecule has 1 saturated heterocycles. The Kier molecular flexibility index (Phi) is 2.41. The van der Waals surface area contributed by atoms with Crippen LogP contribution in [-0.2, 0) is 6.42 Å². The molecule has 1 N–H and O–H groups in total. The zero-order chi connectivity index (χ0) is 8.39. The first-order chi connectivity index (χ1) is 5.84. The molecule has 4 nitrogen and oxygen atoms in total. The molecule has 0 amide bonds. The van der Waals surface area contributed by atoms with Crippen molar-refractivity contribution < 1.29 is 4.52 Å². The molecule has 0 spiro atoms. The van der Waals surface area contributed by atoms with Crippen LogP contribution in [-0.4, -0.2) is 22.7 Å². The lowest BCUT2D eigenvalue weighted by Gasteiger charge is -2.04. The van der Waals surface area contributed by atoms with Crippen molar-refractivity contribution in [1.29, 1.82) is 0 Å². The minimum absolute atomic E-state index is 0.468. The maximum atomic E-state index is 4.80. The van der Waals surface area contributed by atoms with Crippen LogP contribution in [0.3, 0.4) is 0 Å². The van der Waals surface area contributed by atoms with Gasteiger partial charge < -0.3 is 9.84 Å². The van der Waals surface area contributed by atoms with Crippen molar-refractivity contribution in [3.63, 3.8) is 0 Å². The Bertz CT molecular complexity index is 257. The molecule has 2 heterocycles. The summed E-state index contributed by atoms with van der Waals surface area (Å²) < 4.78 is 4.80. The molecular formula is C7H10BrN3O. The van der Waals surface area contributed by atoms with Gasteiger partial charge in [-0.25, -0.2) is 0 Å². The predicted molar refractivity (Wildman–Crippen MR) is 46.7 cm³/mol. The average Bonchev–Trinajstić information content (AvgIpc) is 2.63. The van der Waals surface area contributed by atoms with Crippen molar-refractivity contribution in [3.05, 3.63) is 10.6 Å². The third-order valence-corrected chi connectivity index (χ3v) is 2.36. The number of aromatic nitrogens is 2. The quantitative estimate of drug-likeness (QED) is 0.830. The van der Waals surface area contributed by atoms with Crippen molar-refractivity contribution in [2.45, 2.75) is 25.3 Å². The molecule has 0 saturated carbocycles. The second-order valence-corrected chi connectivity index (χ2v) is 3.64. The van der Waals surface area contributed by atoms with E-state index < -0.39 is 0 Å². The monoisotopic (exact) mass is 231 g/mol. The molecule has 0 radical (unpaired) electrons. The molecular weight excluding hydrogens is 222 g/mol. The summed E-state index contributed by atoms with van der Waals surface area (Å²) in [6.07, 6.45) is 3.34. The molecule has 0 aromatic carbocycles. The Morgan fingerprint density at radius 3 is 3.17 bits per heavy atom. The number of hydrogen-bond acceptors (Lipinski definition) is 4. The van der Waals surface area contributed by atoms with Crippen LogP contribution in [0, 0.1) is 0 Å². The lowest BCUT2D eigenvalue weighted by atomic mass is 10.1. The van der Waals surface area contributed by atoms with Crippen LogP contribution in [0.4, 0.5) is 0 Å². The van der Waals surface area contributed by atoms with Crippen LogP contribution in [0.2, 0.25) is 0 Å². The second kappa shape index (κ2) is 3.53. The lowest BCUT2D eigenvalue weighted by Crippen LogP contribution is -2.24. The maximum Gasteiger partial charge on any atom is 0.293 e. The van der Waals surface area contributed by atoms with Crippen molar-refractivity contribution in [3.8, 4) is 0 Å². The third kappa shape index (κ3) is 1.84. The molecule has 1 fully saturated rings. The van der Waals surface area contributed by atoms with Crippen molar-refractivity contribution in [2.75, 3.05) is 6.54 Å². The van der Waals surface area contributed by atoms with Crippen molar-refractivity contribution in [1.82, 2.24) is 15.5 Å². The van der Waals surface area contributed by atoms with Gasteiger partial charge in [0.1, 0.15) is 0 Å². The highest BCUT2D eigenvalue weighted by Crippen LogP contribution is 2.11. The number of rotatable bonds is 2. The summed E-state index contributed by atoms with van der Waals surface area (Å²) in [4.78, 5) is 4.54. The zero-order valence-corrected chi connectivity index (χ0v) is 8.17. The third-order valence-electron chi connectivity index (χ3n) is 2.03.